The van der Waals surface area contributed by atoms with Gasteiger partial charge in [-0.15, -0.1) is 0 Å². The van der Waals surface area contributed by atoms with Gasteiger partial charge in [-0.05, 0) is 67.0 Å². The molecule has 4 aromatic rings. The molecule has 0 saturated carbocycles. The number of benzene rings is 3. The lowest BCUT2D eigenvalue weighted by Crippen LogP contribution is -2.05. The molecule has 0 spiro atoms. The third-order valence-corrected chi connectivity index (χ3v) is 8.31. The second-order valence-electron chi connectivity index (χ2n) is 11.2. The summed E-state index contributed by atoms with van der Waals surface area (Å²) in [6.07, 6.45) is 18.7. The van der Waals surface area contributed by atoms with Gasteiger partial charge >= 0.3 is 0 Å². The monoisotopic (exact) mass is 495 g/mol. The zero-order chi connectivity index (χ0) is 25.9. The number of hydrogen-bond acceptors (Lipinski definition) is 0. The average Bonchev–Trinajstić information content (AvgIpc) is 3.23. The largest absolute Gasteiger partial charge is 0.336 e. The van der Waals surface area contributed by atoms with Gasteiger partial charge in [0.2, 0.25) is 0 Å². The number of rotatable bonds is 16. The van der Waals surface area contributed by atoms with E-state index in [-0.39, 0.29) is 0 Å². The van der Waals surface area contributed by atoms with E-state index in [0.717, 1.165) is 6.54 Å². The summed E-state index contributed by atoms with van der Waals surface area (Å²) in [6, 6.07) is 22.7. The Hall–Kier alpha value is -2.54. The van der Waals surface area contributed by atoms with E-state index in [9.17, 15) is 0 Å². The van der Waals surface area contributed by atoms with Crippen molar-refractivity contribution in [3.05, 3.63) is 82.9 Å². The highest BCUT2D eigenvalue weighted by Crippen LogP contribution is 2.36. The van der Waals surface area contributed by atoms with Crippen LogP contribution >= 0.6 is 0 Å². The first-order chi connectivity index (χ1) is 18.2. The van der Waals surface area contributed by atoms with Gasteiger partial charge in [0.25, 0.3) is 0 Å². The fraction of sp³-hybridized carbons (Fsp3) is 0.500. The van der Waals surface area contributed by atoms with Gasteiger partial charge in [0, 0.05) is 22.8 Å². The minimum Gasteiger partial charge on any atom is -0.336 e. The van der Waals surface area contributed by atoms with Crippen molar-refractivity contribution in [2.24, 2.45) is 0 Å². The van der Waals surface area contributed by atoms with Crippen molar-refractivity contribution in [3.63, 3.8) is 0 Å². The summed E-state index contributed by atoms with van der Waals surface area (Å²) in [5.41, 5.74) is 9.01. The van der Waals surface area contributed by atoms with Gasteiger partial charge < -0.3 is 4.57 Å². The number of fused-ring (bicyclic) bond motifs is 3. The molecule has 0 aliphatic carbocycles. The molecule has 0 N–H and O–H groups in total. The molecule has 0 saturated heterocycles. The maximum absolute atomic E-state index is 2.62. The van der Waals surface area contributed by atoms with Crippen molar-refractivity contribution in [3.8, 4) is 0 Å². The first-order valence-corrected chi connectivity index (χ1v) is 15.3. The Morgan fingerprint density at radius 2 is 1.19 bits per heavy atom. The van der Waals surface area contributed by atoms with Gasteiger partial charge in [-0.2, -0.15) is 0 Å². The summed E-state index contributed by atoms with van der Waals surface area (Å²) >= 11 is 0. The zero-order valence-corrected chi connectivity index (χ0v) is 23.8. The quantitative estimate of drug-likeness (QED) is 0.136. The lowest BCUT2D eigenvalue weighted by Gasteiger charge is -2.17. The van der Waals surface area contributed by atoms with Crippen LogP contribution in [0.2, 0.25) is 0 Å². The molecule has 4 rings (SSSR count). The third kappa shape index (κ3) is 7.07. The van der Waals surface area contributed by atoms with Crippen LogP contribution in [0.3, 0.4) is 0 Å². The van der Waals surface area contributed by atoms with E-state index in [0.29, 0.717) is 0 Å². The van der Waals surface area contributed by atoms with Crippen LogP contribution in [-0.4, -0.2) is 4.57 Å². The first-order valence-electron chi connectivity index (χ1n) is 15.3. The zero-order valence-electron chi connectivity index (χ0n) is 23.8. The topological polar surface area (TPSA) is 4.93 Å². The SMILES string of the molecule is CCCCCCCCc1cc2c3ccccc3n(Cc3ccccc3)c2c(CCCCCCCC)c1C. The van der Waals surface area contributed by atoms with Gasteiger partial charge in [0.15, 0.2) is 0 Å². The lowest BCUT2D eigenvalue weighted by atomic mass is 9.91. The number of aromatic nitrogens is 1. The lowest BCUT2D eigenvalue weighted by molar-refractivity contribution is 0.604. The van der Waals surface area contributed by atoms with Crippen LogP contribution in [0.4, 0.5) is 0 Å². The first kappa shape index (κ1) is 27.5. The highest BCUT2D eigenvalue weighted by Gasteiger charge is 2.18. The van der Waals surface area contributed by atoms with Crippen molar-refractivity contribution >= 4 is 21.8 Å². The molecule has 1 aromatic heterocycles. The van der Waals surface area contributed by atoms with Crippen molar-refractivity contribution in [1.29, 1.82) is 0 Å². The van der Waals surface area contributed by atoms with Crippen LogP contribution in [0.1, 0.15) is 113 Å². The second-order valence-corrected chi connectivity index (χ2v) is 11.2. The fourth-order valence-electron chi connectivity index (χ4n) is 6.13. The van der Waals surface area contributed by atoms with Crippen molar-refractivity contribution < 1.29 is 0 Å². The molecule has 1 heteroatoms. The molecule has 3 aromatic carbocycles. The number of hydrogen-bond donors (Lipinski definition) is 0. The highest BCUT2D eigenvalue weighted by molar-refractivity contribution is 6.09. The van der Waals surface area contributed by atoms with E-state index >= 15 is 0 Å². The van der Waals surface area contributed by atoms with Gasteiger partial charge in [0.1, 0.15) is 0 Å². The van der Waals surface area contributed by atoms with E-state index in [1.807, 2.05) is 0 Å². The molecule has 0 bridgehead atoms. The van der Waals surface area contributed by atoms with Crippen LogP contribution in [0, 0.1) is 6.92 Å². The van der Waals surface area contributed by atoms with Crippen LogP contribution < -0.4 is 0 Å². The summed E-state index contributed by atoms with van der Waals surface area (Å²) in [6.45, 7) is 7.96. The van der Waals surface area contributed by atoms with Crippen LogP contribution in [0.25, 0.3) is 21.8 Å². The van der Waals surface area contributed by atoms with Crippen LogP contribution in [0.5, 0.6) is 0 Å². The molecule has 0 aliphatic heterocycles. The number of aryl methyl sites for hydroxylation is 2. The molecule has 0 aliphatic rings. The minimum atomic E-state index is 0.935. The van der Waals surface area contributed by atoms with Gasteiger partial charge in [0.05, 0.1) is 5.52 Å². The molecule has 0 unspecified atom stereocenters. The summed E-state index contributed by atoms with van der Waals surface area (Å²) in [5.74, 6) is 0. The second kappa shape index (κ2) is 14.4. The molecule has 0 amide bonds. The molecule has 0 fully saturated rings. The molecular weight excluding hydrogens is 446 g/mol. The van der Waals surface area contributed by atoms with E-state index in [2.05, 4.69) is 86.0 Å². The highest BCUT2D eigenvalue weighted by atomic mass is 15.0. The maximum atomic E-state index is 2.62. The molecule has 1 nitrogen and oxygen atoms in total. The molecular formula is C36H49N. The summed E-state index contributed by atoms with van der Waals surface area (Å²) in [7, 11) is 0. The molecule has 0 radical (unpaired) electrons. The fourth-order valence-corrected chi connectivity index (χ4v) is 6.13. The maximum Gasteiger partial charge on any atom is 0.0529 e. The normalized spacial score (nSPS) is 11.6. The number of para-hydroxylation sites is 1. The standard InChI is InChI=1S/C36H49N/c1-4-6-8-10-12-17-23-31-27-34-33-25-19-20-26-35(33)37(28-30-21-15-14-16-22-30)36(34)32(29(31)3)24-18-13-11-9-7-5-2/h14-16,19-22,25-27H,4-13,17-18,23-24,28H2,1-3H3. The smallest absolute Gasteiger partial charge is 0.0529 e. The van der Waals surface area contributed by atoms with Crippen molar-refractivity contribution in [2.45, 2.75) is 117 Å². The molecule has 0 atom stereocenters. The van der Waals surface area contributed by atoms with Crippen LogP contribution in [-0.2, 0) is 19.4 Å². The predicted molar refractivity (Wildman–Crippen MR) is 164 cm³/mol. The Morgan fingerprint density at radius 1 is 0.595 bits per heavy atom. The number of unbranched alkanes of at least 4 members (excludes halogenated alkanes) is 10. The Balaban J connectivity index is 1.70. The van der Waals surface area contributed by atoms with Crippen molar-refractivity contribution in [1.82, 2.24) is 4.57 Å². The van der Waals surface area contributed by atoms with E-state index in [1.54, 1.807) is 16.7 Å². The third-order valence-electron chi connectivity index (χ3n) is 8.31. The Morgan fingerprint density at radius 3 is 1.89 bits per heavy atom. The minimum absolute atomic E-state index is 0.935. The van der Waals surface area contributed by atoms with Crippen LogP contribution in [0.15, 0.2) is 60.7 Å². The van der Waals surface area contributed by atoms with Gasteiger partial charge in [-0.3, -0.25) is 0 Å². The average molecular weight is 496 g/mol. The Kier molecular flexibility index (Phi) is 10.7. The molecule has 198 valence electrons. The van der Waals surface area contributed by atoms with E-state index in [4.69, 9.17) is 0 Å². The number of nitrogens with zero attached hydrogens (tertiary/aromatic N) is 1. The summed E-state index contributed by atoms with van der Waals surface area (Å²) in [5, 5.41) is 2.89. The van der Waals surface area contributed by atoms with Gasteiger partial charge in [-0.25, -0.2) is 0 Å². The summed E-state index contributed by atoms with van der Waals surface area (Å²) in [4.78, 5) is 0. The van der Waals surface area contributed by atoms with Gasteiger partial charge in [-0.1, -0.05) is 127 Å². The van der Waals surface area contributed by atoms with Crippen molar-refractivity contribution in [2.75, 3.05) is 0 Å². The van der Waals surface area contributed by atoms with E-state index in [1.165, 1.54) is 117 Å². The predicted octanol–water partition coefficient (Wildman–Crippen LogP) is 11.0. The summed E-state index contributed by atoms with van der Waals surface area (Å²) < 4.78 is 2.62. The van der Waals surface area contributed by atoms with E-state index < -0.39 is 0 Å². The molecule has 1 heterocycles. The molecule has 37 heavy (non-hydrogen) atoms. The Labute approximate surface area is 226 Å². The Bertz CT molecular complexity index is 1230.